The van der Waals surface area contributed by atoms with Crippen LogP contribution in [0.4, 0.5) is 11.6 Å². The zero-order chi connectivity index (χ0) is 13.8. The highest BCUT2D eigenvalue weighted by Gasteiger charge is 2.19. The smallest absolute Gasteiger partial charge is 0.360 e. The summed E-state index contributed by atoms with van der Waals surface area (Å²) in [7, 11) is 1.71. The van der Waals surface area contributed by atoms with Crippen LogP contribution in [0, 0.1) is 10.1 Å². The molecule has 7 nitrogen and oxygen atoms in total. The van der Waals surface area contributed by atoms with E-state index < -0.39 is 4.92 Å². The molecule has 0 atom stereocenters. The quantitative estimate of drug-likeness (QED) is 0.626. The number of nitro groups is 1. The van der Waals surface area contributed by atoms with Gasteiger partial charge in [0.1, 0.15) is 0 Å². The van der Waals surface area contributed by atoms with Crippen LogP contribution >= 0.6 is 0 Å². The Balaban J connectivity index is 2.09. The summed E-state index contributed by atoms with van der Waals surface area (Å²) in [5, 5.41) is 13.8. The van der Waals surface area contributed by atoms with E-state index in [0.717, 1.165) is 11.1 Å². The number of nitrogens with two attached hydrogens (primary N) is 1. The monoisotopic (exact) mass is 261 g/mol. The van der Waals surface area contributed by atoms with Gasteiger partial charge >= 0.3 is 5.82 Å². The molecule has 0 amide bonds. The molecule has 0 aliphatic carbocycles. The first kappa shape index (κ1) is 13.0. The Hall–Kier alpha value is -2.41. The summed E-state index contributed by atoms with van der Waals surface area (Å²) in [6.07, 6.45) is 1.41. The third kappa shape index (κ3) is 2.89. The molecule has 0 aliphatic rings. The average Bonchev–Trinajstić information content (AvgIpc) is 2.78. The molecule has 0 bridgehead atoms. The van der Waals surface area contributed by atoms with Gasteiger partial charge in [0, 0.05) is 20.1 Å². The van der Waals surface area contributed by atoms with Crippen LogP contribution in [0.2, 0.25) is 0 Å². The van der Waals surface area contributed by atoms with E-state index >= 15 is 0 Å². The SMILES string of the molecule is Cn1cnc([N+](=O)[O-])c1NCc1ccc(CN)cc1. The average molecular weight is 261 g/mol. The number of aryl methyl sites for hydroxylation is 1. The summed E-state index contributed by atoms with van der Waals surface area (Å²) < 4.78 is 1.59. The second-order valence-corrected chi connectivity index (χ2v) is 4.16. The molecule has 0 saturated heterocycles. The summed E-state index contributed by atoms with van der Waals surface area (Å²) in [6, 6.07) is 7.76. The van der Waals surface area contributed by atoms with Crippen molar-refractivity contribution in [1.82, 2.24) is 9.55 Å². The number of nitrogens with one attached hydrogen (secondary N) is 1. The Morgan fingerprint density at radius 2 is 2.00 bits per heavy atom. The number of nitrogens with zero attached hydrogens (tertiary/aromatic N) is 3. The van der Waals surface area contributed by atoms with Gasteiger partial charge in [-0.2, -0.15) is 0 Å². The van der Waals surface area contributed by atoms with E-state index in [4.69, 9.17) is 5.73 Å². The van der Waals surface area contributed by atoms with Crippen molar-refractivity contribution in [2.24, 2.45) is 12.8 Å². The first-order valence-corrected chi connectivity index (χ1v) is 5.79. The van der Waals surface area contributed by atoms with E-state index in [9.17, 15) is 10.1 Å². The fourth-order valence-electron chi connectivity index (χ4n) is 1.73. The predicted molar refractivity (Wildman–Crippen MR) is 71.5 cm³/mol. The lowest BCUT2D eigenvalue weighted by atomic mass is 10.1. The van der Waals surface area contributed by atoms with Crippen LogP contribution in [0.15, 0.2) is 30.6 Å². The Morgan fingerprint density at radius 3 is 2.58 bits per heavy atom. The summed E-state index contributed by atoms with van der Waals surface area (Å²) in [5.74, 6) is 0.231. The predicted octanol–water partition coefficient (Wildman–Crippen LogP) is 1.40. The zero-order valence-corrected chi connectivity index (χ0v) is 10.5. The zero-order valence-electron chi connectivity index (χ0n) is 10.5. The number of imidazole rings is 1. The van der Waals surface area contributed by atoms with E-state index in [0.29, 0.717) is 18.9 Å². The van der Waals surface area contributed by atoms with Crippen molar-refractivity contribution < 1.29 is 4.92 Å². The van der Waals surface area contributed by atoms with Gasteiger partial charge in [-0.1, -0.05) is 24.3 Å². The maximum atomic E-state index is 10.8. The Bertz CT molecular complexity index is 576. The molecular weight excluding hydrogens is 246 g/mol. The van der Waals surface area contributed by atoms with Crippen molar-refractivity contribution in [3.8, 4) is 0 Å². The number of hydrogen-bond donors (Lipinski definition) is 2. The summed E-state index contributed by atoms with van der Waals surface area (Å²) >= 11 is 0. The maximum absolute atomic E-state index is 10.8. The summed E-state index contributed by atoms with van der Waals surface area (Å²) in [4.78, 5) is 14.0. The van der Waals surface area contributed by atoms with Crippen molar-refractivity contribution in [1.29, 1.82) is 0 Å². The molecule has 0 spiro atoms. The number of benzene rings is 1. The lowest BCUT2D eigenvalue weighted by molar-refractivity contribution is -0.388. The van der Waals surface area contributed by atoms with E-state index in [1.165, 1.54) is 6.33 Å². The largest absolute Gasteiger partial charge is 0.406 e. The number of anilines is 1. The van der Waals surface area contributed by atoms with Crippen LogP contribution in [-0.2, 0) is 20.1 Å². The van der Waals surface area contributed by atoms with Crippen molar-refractivity contribution in [2.75, 3.05) is 5.32 Å². The lowest BCUT2D eigenvalue weighted by Crippen LogP contribution is -2.06. The lowest BCUT2D eigenvalue weighted by Gasteiger charge is -2.07. The number of hydrogen-bond acceptors (Lipinski definition) is 5. The van der Waals surface area contributed by atoms with Crippen molar-refractivity contribution >= 4 is 11.6 Å². The summed E-state index contributed by atoms with van der Waals surface area (Å²) in [5.41, 5.74) is 7.59. The molecule has 1 aromatic carbocycles. The molecule has 1 aromatic heterocycles. The second-order valence-electron chi connectivity index (χ2n) is 4.16. The second kappa shape index (κ2) is 5.49. The third-order valence-corrected chi connectivity index (χ3v) is 2.81. The summed E-state index contributed by atoms with van der Waals surface area (Å²) in [6.45, 7) is 0.992. The van der Waals surface area contributed by atoms with E-state index in [-0.39, 0.29) is 5.82 Å². The fourth-order valence-corrected chi connectivity index (χ4v) is 1.73. The van der Waals surface area contributed by atoms with Crippen LogP contribution in [0.1, 0.15) is 11.1 Å². The van der Waals surface area contributed by atoms with Gasteiger partial charge in [0.25, 0.3) is 0 Å². The minimum absolute atomic E-state index is 0.166. The highest BCUT2D eigenvalue weighted by Crippen LogP contribution is 2.21. The normalized spacial score (nSPS) is 10.4. The molecule has 3 N–H and O–H groups in total. The van der Waals surface area contributed by atoms with Crippen molar-refractivity contribution in [2.45, 2.75) is 13.1 Å². The molecule has 1 heterocycles. The van der Waals surface area contributed by atoms with Crippen LogP contribution in [0.5, 0.6) is 0 Å². The van der Waals surface area contributed by atoms with Gasteiger partial charge in [-0.15, -0.1) is 0 Å². The van der Waals surface area contributed by atoms with Gasteiger partial charge in [0.15, 0.2) is 0 Å². The minimum atomic E-state index is -0.500. The first-order valence-electron chi connectivity index (χ1n) is 5.79. The first-order chi connectivity index (χ1) is 9.11. The molecular formula is C12H15N5O2. The Morgan fingerprint density at radius 1 is 1.37 bits per heavy atom. The molecule has 19 heavy (non-hydrogen) atoms. The highest BCUT2D eigenvalue weighted by atomic mass is 16.6. The molecule has 0 aliphatic heterocycles. The fraction of sp³-hybridized carbons (Fsp3) is 0.250. The van der Waals surface area contributed by atoms with E-state index in [1.54, 1.807) is 11.6 Å². The van der Waals surface area contributed by atoms with Gasteiger partial charge in [-0.05, 0) is 21.0 Å². The maximum Gasteiger partial charge on any atom is 0.406 e. The Labute approximate surface area is 110 Å². The van der Waals surface area contributed by atoms with Gasteiger partial charge < -0.3 is 21.2 Å². The van der Waals surface area contributed by atoms with Crippen LogP contribution < -0.4 is 11.1 Å². The molecule has 2 rings (SSSR count). The molecule has 2 aromatic rings. The minimum Gasteiger partial charge on any atom is -0.360 e. The van der Waals surface area contributed by atoms with Gasteiger partial charge in [-0.25, -0.2) is 0 Å². The van der Waals surface area contributed by atoms with Crippen molar-refractivity contribution in [3.05, 3.63) is 51.8 Å². The molecule has 0 saturated carbocycles. The van der Waals surface area contributed by atoms with Crippen LogP contribution in [0.3, 0.4) is 0 Å². The Kier molecular flexibility index (Phi) is 3.76. The highest BCUT2D eigenvalue weighted by molar-refractivity contribution is 5.52. The molecule has 7 heteroatoms. The standard InChI is InChI=1S/C12H15N5O2/c1-16-8-15-12(17(18)19)11(16)14-7-10-4-2-9(6-13)3-5-10/h2-5,8,14H,6-7,13H2,1H3. The van der Waals surface area contributed by atoms with Gasteiger partial charge in [0.05, 0.1) is 0 Å². The van der Waals surface area contributed by atoms with Gasteiger partial charge in [-0.3, -0.25) is 4.57 Å². The van der Waals surface area contributed by atoms with E-state index in [1.807, 2.05) is 24.3 Å². The molecule has 0 radical (unpaired) electrons. The number of rotatable bonds is 5. The van der Waals surface area contributed by atoms with Crippen molar-refractivity contribution in [3.63, 3.8) is 0 Å². The third-order valence-electron chi connectivity index (χ3n) is 2.81. The molecule has 0 fully saturated rings. The van der Waals surface area contributed by atoms with Crippen LogP contribution in [0.25, 0.3) is 0 Å². The molecule has 0 unspecified atom stereocenters. The topological polar surface area (TPSA) is 99.0 Å². The number of aromatic nitrogens is 2. The van der Waals surface area contributed by atoms with E-state index in [2.05, 4.69) is 10.3 Å². The van der Waals surface area contributed by atoms with Crippen LogP contribution in [-0.4, -0.2) is 14.5 Å². The van der Waals surface area contributed by atoms with Gasteiger partial charge in [0.2, 0.25) is 12.1 Å². The molecule has 100 valence electrons.